The van der Waals surface area contributed by atoms with Gasteiger partial charge in [-0.2, -0.15) is 0 Å². The number of rotatable bonds is 11. The van der Waals surface area contributed by atoms with Gasteiger partial charge in [-0.1, -0.05) is 112 Å². The number of amides is 2. The molecule has 1 N–H and O–H groups in total. The summed E-state index contributed by atoms with van der Waals surface area (Å²) in [4.78, 5) is 30.0. The lowest BCUT2D eigenvalue weighted by atomic mass is 9.87. The van der Waals surface area contributed by atoms with Crippen molar-refractivity contribution in [3.8, 4) is 0 Å². The zero-order chi connectivity index (χ0) is 31.9. The minimum absolute atomic E-state index is 0.0692. The highest BCUT2D eigenvalue weighted by atomic mass is 32.2. The van der Waals surface area contributed by atoms with E-state index in [-0.39, 0.29) is 23.9 Å². The van der Waals surface area contributed by atoms with Crippen LogP contribution in [0.5, 0.6) is 0 Å². The first-order valence-electron chi connectivity index (χ1n) is 15.6. The van der Waals surface area contributed by atoms with Crippen molar-refractivity contribution in [1.82, 2.24) is 10.2 Å². The lowest BCUT2D eigenvalue weighted by Gasteiger charge is -2.35. The van der Waals surface area contributed by atoms with Crippen molar-refractivity contribution in [3.63, 3.8) is 0 Å². The first-order valence-corrected chi connectivity index (χ1v) is 17.4. The molecule has 0 spiro atoms. The molecule has 0 aromatic heterocycles. The van der Waals surface area contributed by atoms with Gasteiger partial charge in [0, 0.05) is 19.0 Å². The molecule has 1 fully saturated rings. The lowest BCUT2D eigenvalue weighted by Crippen LogP contribution is -2.55. The third-order valence-electron chi connectivity index (χ3n) is 8.40. The Bertz CT molecular complexity index is 1490. The summed E-state index contributed by atoms with van der Waals surface area (Å²) in [6, 6.07) is 24.1. The van der Waals surface area contributed by atoms with Crippen LogP contribution in [-0.2, 0) is 38.0 Å². The first-order chi connectivity index (χ1) is 20.8. The fraction of sp³-hybridized carbons (Fsp3) is 0.444. The molecular formula is C36H47N3O4S. The number of sulfonamides is 1. The molecule has 1 saturated carbocycles. The number of anilines is 1. The van der Waals surface area contributed by atoms with Crippen LogP contribution < -0.4 is 9.62 Å². The molecule has 0 radical (unpaired) electrons. The van der Waals surface area contributed by atoms with Gasteiger partial charge >= 0.3 is 0 Å². The Morgan fingerprint density at radius 2 is 1.48 bits per heavy atom. The molecular weight excluding hydrogens is 570 g/mol. The minimum atomic E-state index is -3.82. The molecule has 0 aliphatic heterocycles. The number of nitrogens with one attached hydrogen (secondary N) is 1. The molecule has 236 valence electrons. The molecule has 0 heterocycles. The van der Waals surface area contributed by atoms with Crippen molar-refractivity contribution >= 4 is 27.5 Å². The van der Waals surface area contributed by atoms with Gasteiger partial charge in [0.1, 0.15) is 12.6 Å². The van der Waals surface area contributed by atoms with E-state index in [9.17, 15) is 18.0 Å². The van der Waals surface area contributed by atoms with E-state index in [1.807, 2.05) is 73.7 Å². The van der Waals surface area contributed by atoms with E-state index in [0.717, 1.165) is 64.9 Å². The molecule has 3 aromatic carbocycles. The Morgan fingerprint density at radius 3 is 2.05 bits per heavy atom. The Morgan fingerprint density at radius 1 is 0.864 bits per heavy atom. The minimum Gasteiger partial charge on any atom is -0.352 e. The standard InChI is InChI=1S/C36H47N3O4S/c1-27-16-18-29(19-17-27)25-38(33(24-28-12-8-6-9-13-28)35(41)37-31-14-10-7-11-15-31)34(40)26-39(44(5,42)43)32-22-20-30(21-23-32)36(2,3)4/h6,8-9,12-13,16-23,31,33H,7,10-11,14-15,24-26H2,1-5H3,(H,37,41). The Kier molecular flexibility index (Phi) is 10.9. The number of hydrogen-bond acceptors (Lipinski definition) is 4. The summed E-state index contributed by atoms with van der Waals surface area (Å²) in [6.07, 6.45) is 6.56. The number of carbonyl (C=O) groups excluding carboxylic acids is 2. The predicted molar refractivity (Wildman–Crippen MR) is 178 cm³/mol. The number of carbonyl (C=O) groups is 2. The topological polar surface area (TPSA) is 86.8 Å². The van der Waals surface area contributed by atoms with Crippen molar-refractivity contribution < 1.29 is 18.0 Å². The van der Waals surface area contributed by atoms with E-state index in [2.05, 4.69) is 26.1 Å². The van der Waals surface area contributed by atoms with Gasteiger partial charge in [0.25, 0.3) is 0 Å². The molecule has 7 nitrogen and oxygen atoms in total. The summed E-state index contributed by atoms with van der Waals surface area (Å²) < 4.78 is 27.3. The molecule has 0 saturated heterocycles. The van der Waals surface area contributed by atoms with Crippen LogP contribution in [0.2, 0.25) is 0 Å². The number of nitrogens with zero attached hydrogens (tertiary/aromatic N) is 2. The van der Waals surface area contributed by atoms with E-state index < -0.39 is 28.5 Å². The van der Waals surface area contributed by atoms with Crippen molar-refractivity contribution in [2.24, 2.45) is 0 Å². The average Bonchev–Trinajstić information content (AvgIpc) is 2.98. The van der Waals surface area contributed by atoms with Crippen molar-refractivity contribution in [2.45, 2.75) is 90.3 Å². The maximum atomic E-state index is 14.3. The molecule has 1 aliphatic carbocycles. The summed E-state index contributed by atoms with van der Waals surface area (Å²) in [7, 11) is -3.82. The van der Waals surface area contributed by atoms with Crippen molar-refractivity contribution in [2.75, 3.05) is 17.1 Å². The molecule has 1 unspecified atom stereocenters. The summed E-state index contributed by atoms with van der Waals surface area (Å²) in [5.41, 5.74) is 4.25. The third kappa shape index (κ3) is 9.18. The maximum absolute atomic E-state index is 14.3. The third-order valence-corrected chi connectivity index (χ3v) is 9.54. The van der Waals surface area contributed by atoms with Crippen LogP contribution >= 0.6 is 0 Å². The highest BCUT2D eigenvalue weighted by molar-refractivity contribution is 7.92. The van der Waals surface area contributed by atoms with Crippen LogP contribution in [0.4, 0.5) is 5.69 Å². The highest BCUT2D eigenvalue weighted by Gasteiger charge is 2.34. The fourth-order valence-electron chi connectivity index (χ4n) is 5.73. The Labute approximate surface area is 263 Å². The van der Waals surface area contributed by atoms with Crippen molar-refractivity contribution in [1.29, 1.82) is 0 Å². The summed E-state index contributed by atoms with van der Waals surface area (Å²) in [6.45, 7) is 8.03. The van der Waals surface area contributed by atoms with Gasteiger partial charge in [0.05, 0.1) is 11.9 Å². The van der Waals surface area contributed by atoms with Crippen LogP contribution in [0.1, 0.15) is 75.1 Å². The predicted octanol–water partition coefficient (Wildman–Crippen LogP) is 6.15. The van der Waals surface area contributed by atoms with Gasteiger partial charge in [-0.05, 0) is 54.0 Å². The molecule has 1 aliphatic rings. The zero-order valence-electron chi connectivity index (χ0n) is 26.8. The van der Waals surface area contributed by atoms with Gasteiger partial charge in [-0.25, -0.2) is 8.42 Å². The summed E-state index contributed by atoms with van der Waals surface area (Å²) in [5, 5.41) is 3.24. The van der Waals surface area contributed by atoms with E-state index in [0.29, 0.717) is 12.1 Å². The largest absolute Gasteiger partial charge is 0.352 e. The molecule has 0 bridgehead atoms. The number of aryl methyl sites for hydroxylation is 1. The monoisotopic (exact) mass is 617 g/mol. The second kappa shape index (κ2) is 14.4. The van der Waals surface area contributed by atoms with E-state index in [4.69, 9.17) is 0 Å². The van der Waals surface area contributed by atoms with Gasteiger partial charge in [-0.3, -0.25) is 13.9 Å². The second-order valence-corrected chi connectivity index (χ2v) is 15.0. The lowest BCUT2D eigenvalue weighted by molar-refractivity contribution is -0.140. The Balaban J connectivity index is 1.71. The average molecular weight is 618 g/mol. The van der Waals surface area contributed by atoms with Crippen LogP contribution in [0, 0.1) is 6.92 Å². The van der Waals surface area contributed by atoms with Gasteiger partial charge in [0.2, 0.25) is 21.8 Å². The first kappa shape index (κ1) is 33.2. The maximum Gasteiger partial charge on any atom is 0.244 e. The SMILES string of the molecule is Cc1ccc(CN(C(=O)CN(c2ccc(C(C)(C)C)cc2)S(C)(=O)=O)C(Cc2ccccc2)C(=O)NC2CCCCC2)cc1. The highest BCUT2D eigenvalue weighted by Crippen LogP contribution is 2.27. The van der Waals surface area contributed by atoms with E-state index in [1.165, 1.54) is 0 Å². The summed E-state index contributed by atoms with van der Waals surface area (Å²) >= 11 is 0. The molecule has 3 aromatic rings. The van der Waals surface area contributed by atoms with Crippen LogP contribution in [0.15, 0.2) is 78.9 Å². The van der Waals surface area contributed by atoms with Crippen LogP contribution in [-0.4, -0.2) is 50.0 Å². The van der Waals surface area contributed by atoms with Crippen molar-refractivity contribution in [3.05, 3.63) is 101 Å². The second-order valence-electron chi connectivity index (χ2n) is 13.1. The molecule has 1 atom stereocenters. The number of benzene rings is 3. The van der Waals surface area contributed by atoms with Gasteiger partial charge in [-0.15, -0.1) is 0 Å². The number of hydrogen-bond donors (Lipinski definition) is 1. The summed E-state index contributed by atoms with van der Waals surface area (Å²) in [5.74, 6) is -0.641. The zero-order valence-corrected chi connectivity index (χ0v) is 27.6. The van der Waals surface area contributed by atoms with Gasteiger partial charge in [0.15, 0.2) is 0 Å². The van der Waals surface area contributed by atoms with Gasteiger partial charge < -0.3 is 10.2 Å². The van der Waals surface area contributed by atoms with Crippen LogP contribution in [0.25, 0.3) is 0 Å². The molecule has 2 amide bonds. The van der Waals surface area contributed by atoms with E-state index >= 15 is 0 Å². The quantitative estimate of drug-likeness (QED) is 0.280. The molecule has 44 heavy (non-hydrogen) atoms. The van der Waals surface area contributed by atoms with Crippen LogP contribution in [0.3, 0.4) is 0 Å². The van der Waals surface area contributed by atoms with E-state index in [1.54, 1.807) is 17.0 Å². The molecule has 4 rings (SSSR count). The smallest absolute Gasteiger partial charge is 0.244 e. The fourth-order valence-corrected chi connectivity index (χ4v) is 6.58. The molecule has 8 heteroatoms. The Hall–Kier alpha value is -3.65. The normalized spacial score (nSPS) is 14.9.